The van der Waals surface area contributed by atoms with Crippen LogP contribution in [0.1, 0.15) is 0 Å². The Bertz CT molecular complexity index is 752. The zero-order valence-electron chi connectivity index (χ0n) is 10.00. The number of ether oxygens (including phenoxy) is 1. The van der Waals surface area contributed by atoms with E-state index in [1.807, 2.05) is 0 Å². The van der Waals surface area contributed by atoms with E-state index in [0.717, 1.165) is 0 Å². The molecule has 5 heteroatoms. The maximum Gasteiger partial charge on any atom is 0.174 e. The number of rotatable bonds is 2. The molecule has 0 aliphatic carbocycles. The predicted octanol–water partition coefficient (Wildman–Crippen LogP) is 3.32. The number of benzene rings is 2. The van der Waals surface area contributed by atoms with E-state index in [2.05, 4.69) is 16.3 Å². The maximum absolute atomic E-state index is 14.4. The second-order valence-corrected chi connectivity index (χ2v) is 3.99. The molecule has 1 aromatic heterocycles. The van der Waals surface area contributed by atoms with Crippen LogP contribution in [0.2, 0.25) is 0 Å². The summed E-state index contributed by atoms with van der Waals surface area (Å²) >= 11 is 0. The average Bonchev–Trinajstić information content (AvgIpc) is 2.87. The summed E-state index contributed by atoms with van der Waals surface area (Å²) in [5.74, 6) is -0.997. The molecule has 0 atom stereocenters. The van der Waals surface area contributed by atoms with E-state index < -0.39 is 11.6 Å². The molecule has 3 aromatic rings. The van der Waals surface area contributed by atoms with Crippen molar-refractivity contribution in [1.29, 1.82) is 0 Å². The van der Waals surface area contributed by atoms with Crippen molar-refractivity contribution < 1.29 is 13.5 Å². The van der Waals surface area contributed by atoms with E-state index >= 15 is 0 Å². The Morgan fingerprint density at radius 1 is 1.26 bits per heavy atom. The summed E-state index contributed by atoms with van der Waals surface area (Å²) in [5.41, 5.74) is 0.534. The number of aromatic nitrogens is 2. The molecule has 95 valence electrons. The molecule has 2 aromatic carbocycles. The molecule has 0 unspecified atom stereocenters. The fraction of sp³-hybridized carbons (Fsp3) is 0.0714. The van der Waals surface area contributed by atoms with Crippen LogP contribution in [-0.4, -0.2) is 17.1 Å². The molecule has 3 nitrogen and oxygen atoms in total. The number of hydrogen-bond acceptors (Lipinski definition) is 2. The zero-order chi connectivity index (χ0) is 13.4. The number of fused-ring (bicyclic) bond motifs is 1. The quantitative estimate of drug-likeness (QED) is 0.766. The highest BCUT2D eigenvalue weighted by molar-refractivity contribution is 5.84. The van der Waals surface area contributed by atoms with Gasteiger partial charge in [-0.05, 0) is 6.07 Å². The second kappa shape index (κ2) is 4.35. The average molecular weight is 259 g/mol. The minimum absolute atomic E-state index is 0.0577. The number of halogens is 2. The van der Waals surface area contributed by atoms with Crippen LogP contribution < -0.4 is 4.74 Å². The van der Waals surface area contributed by atoms with E-state index in [-0.39, 0.29) is 16.6 Å². The summed E-state index contributed by atoms with van der Waals surface area (Å²) in [4.78, 5) is 6.30. The molecule has 0 spiro atoms. The van der Waals surface area contributed by atoms with Crippen molar-refractivity contribution in [3.8, 4) is 16.9 Å². The Hall–Kier alpha value is -2.43. The van der Waals surface area contributed by atoms with Gasteiger partial charge in [-0.25, -0.2) is 13.8 Å². The first-order chi connectivity index (χ1) is 9.22. The van der Waals surface area contributed by atoms with Crippen LogP contribution in [0.3, 0.4) is 0 Å². The fourth-order valence-corrected chi connectivity index (χ4v) is 2.06. The van der Waals surface area contributed by atoms with Crippen LogP contribution in [0.15, 0.2) is 30.3 Å². The van der Waals surface area contributed by atoms with Crippen LogP contribution in [0.4, 0.5) is 8.78 Å². The van der Waals surface area contributed by atoms with Crippen LogP contribution >= 0.6 is 0 Å². The van der Waals surface area contributed by atoms with Gasteiger partial charge >= 0.3 is 0 Å². The van der Waals surface area contributed by atoms with E-state index in [0.29, 0.717) is 11.3 Å². The third-order valence-electron chi connectivity index (χ3n) is 2.93. The Kier molecular flexibility index (Phi) is 2.67. The minimum atomic E-state index is -0.725. The highest BCUT2D eigenvalue weighted by Gasteiger charge is 2.19. The van der Waals surface area contributed by atoms with Crippen LogP contribution in [0, 0.1) is 18.0 Å². The van der Waals surface area contributed by atoms with Crippen LogP contribution in [-0.2, 0) is 0 Å². The summed E-state index contributed by atoms with van der Waals surface area (Å²) in [6.45, 7) is 0. The summed E-state index contributed by atoms with van der Waals surface area (Å²) in [7, 11) is 1.45. The molecule has 1 radical (unpaired) electrons. The van der Waals surface area contributed by atoms with Gasteiger partial charge in [0.05, 0.1) is 18.2 Å². The third kappa shape index (κ3) is 1.74. The van der Waals surface area contributed by atoms with E-state index in [9.17, 15) is 8.78 Å². The smallest absolute Gasteiger partial charge is 0.174 e. The van der Waals surface area contributed by atoms with Crippen molar-refractivity contribution in [2.45, 2.75) is 0 Å². The number of nitrogens with one attached hydrogen (secondary N) is 1. The van der Waals surface area contributed by atoms with Gasteiger partial charge in [-0.15, -0.1) is 0 Å². The van der Waals surface area contributed by atoms with Gasteiger partial charge in [-0.3, -0.25) is 0 Å². The predicted molar refractivity (Wildman–Crippen MR) is 66.8 cm³/mol. The minimum Gasteiger partial charge on any atom is -0.496 e. The van der Waals surface area contributed by atoms with E-state index in [4.69, 9.17) is 4.74 Å². The fourth-order valence-electron chi connectivity index (χ4n) is 2.06. The zero-order valence-corrected chi connectivity index (χ0v) is 10.00. The summed E-state index contributed by atoms with van der Waals surface area (Å²) in [6, 6.07) is 7.87. The van der Waals surface area contributed by atoms with Crippen molar-refractivity contribution in [3.63, 3.8) is 0 Å². The van der Waals surface area contributed by atoms with Crippen molar-refractivity contribution in [1.82, 2.24) is 9.97 Å². The number of aromatic amines is 1. The number of H-pyrrole nitrogens is 1. The van der Waals surface area contributed by atoms with Gasteiger partial charge in [0.1, 0.15) is 17.1 Å². The summed E-state index contributed by atoms with van der Waals surface area (Å²) in [5, 5.41) is 0. The standard InChI is InChI=1S/C14H9F2N2O/c1-19-11-5-3-2-4-8(11)12-9(15)6-10-14(13(12)16)18-7-17-10/h2-6H,1H3,(H,17,18). The molecule has 0 saturated heterocycles. The molecule has 0 bridgehead atoms. The van der Waals surface area contributed by atoms with Crippen molar-refractivity contribution in [2.75, 3.05) is 7.11 Å². The number of methoxy groups -OCH3 is 1. The SMILES string of the molecule is COc1ccccc1-c1c(F)cc2[nH][c]nc2c1F. The highest BCUT2D eigenvalue weighted by Crippen LogP contribution is 2.35. The Balaban J connectivity index is 2.35. The van der Waals surface area contributed by atoms with Gasteiger partial charge in [0.15, 0.2) is 12.1 Å². The van der Waals surface area contributed by atoms with Crippen LogP contribution in [0.5, 0.6) is 5.75 Å². The van der Waals surface area contributed by atoms with Crippen LogP contribution in [0.25, 0.3) is 22.2 Å². The largest absolute Gasteiger partial charge is 0.496 e. The third-order valence-corrected chi connectivity index (χ3v) is 2.93. The van der Waals surface area contributed by atoms with Crippen molar-refractivity contribution in [3.05, 3.63) is 48.3 Å². The number of nitrogens with zero attached hydrogens (tertiary/aromatic N) is 1. The summed E-state index contributed by atoms with van der Waals surface area (Å²) < 4.78 is 33.6. The first kappa shape index (κ1) is 11.6. The summed E-state index contributed by atoms with van der Waals surface area (Å²) in [6.07, 6.45) is 2.40. The molecular weight excluding hydrogens is 250 g/mol. The molecular formula is C14H9F2N2O. The molecule has 1 heterocycles. The van der Waals surface area contributed by atoms with Gasteiger partial charge in [0.2, 0.25) is 0 Å². The lowest BCUT2D eigenvalue weighted by Gasteiger charge is -2.10. The normalized spacial score (nSPS) is 10.9. The van der Waals surface area contributed by atoms with Crippen molar-refractivity contribution in [2.24, 2.45) is 0 Å². The lowest BCUT2D eigenvalue weighted by Crippen LogP contribution is -1.95. The lowest BCUT2D eigenvalue weighted by atomic mass is 10.0. The van der Waals surface area contributed by atoms with Gasteiger partial charge in [0, 0.05) is 11.6 Å². The maximum atomic E-state index is 14.4. The Labute approximate surface area is 107 Å². The van der Waals surface area contributed by atoms with Gasteiger partial charge in [-0.2, -0.15) is 0 Å². The molecule has 1 N–H and O–H groups in total. The number of para-hydroxylation sites is 1. The van der Waals surface area contributed by atoms with Gasteiger partial charge in [-0.1, -0.05) is 18.2 Å². The lowest BCUT2D eigenvalue weighted by molar-refractivity contribution is 0.416. The van der Waals surface area contributed by atoms with Crippen molar-refractivity contribution >= 4 is 11.0 Å². The first-order valence-corrected chi connectivity index (χ1v) is 5.59. The highest BCUT2D eigenvalue weighted by atomic mass is 19.1. The molecule has 0 amide bonds. The molecule has 0 fully saturated rings. The van der Waals surface area contributed by atoms with Gasteiger partial charge in [0.25, 0.3) is 0 Å². The second-order valence-electron chi connectivity index (χ2n) is 3.99. The molecule has 0 saturated carbocycles. The monoisotopic (exact) mass is 259 g/mol. The topological polar surface area (TPSA) is 37.9 Å². The number of imidazole rings is 1. The Morgan fingerprint density at radius 2 is 2.05 bits per heavy atom. The number of hydrogen-bond donors (Lipinski definition) is 1. The van der Waals surface area contributed by atoms with E-state index in [1.54, 1.807) is 24.3 Å². The Morgan fingerprint density at radius 3 is 2.84 bits per heavy atom. The molecule has 3 rings (SSSR count). The van der Waals surface area contributed by atoms with E-state index in [1.165, 1.54) is 13.2 Å². The molecule has 19 heavy (non-hydrogen) atoms. The molecule has 0 aliphatic heterocycles. The van der Waals surface area contributed by atoms with Gasteiger partial charge < -0.3 is 9.72 Å². The molecule has 0 aliphatic rings. The first-order valence-electron chi connectivity index (χ1n) is 5.59.